The SMILES string of the molecule is C[C@H]1CC(Nc2ccccc2)=NC1(C)C. The summed E-state index contributed by atoms with van der Waals surface area (Å²) in [6.45, 7) is 6.64. The summed E-state index contributed by atoms with van der Waals surface area (Å²) in [7, 11) is 0. The monoisotopic (exact) mass is 202 g/mol. The van der Waals surface area contributed by atoms with E-state index >= 15 is 0 Å². The number of hydrogen-bond acceptors (Lipinski definition) is 2. The van der Waals surface area contributed by atoms with Crippen LogP contribution in [0.1, 0.15) is 27.2 Å². The zero-order valence-corrected chi connectivity index (χ0v) is 9.62. The summed E-state index contributed by atoms with van der Waals surface area (Å²) >= 11 is 0. The second-order valence-corrected chi connectivity index (χ2v) is 4.81. The molecule has 0 unspecified atom stereocenters. The van der Waals surface area contributed by atoms with E-state index in [9.17, 15) is 0 Å². The minimum atomic E-state index is 0.0805. The van der Waals surface area contributed by atoms with Gasteiger partial charge in [-0.15, -0.1) is 0 Å². The number of rotatable bonds is 1. The number of amidine groups is 1. The first-order valence-corrected chi connectivity index (χ1v) is 5.49. The van der Waals surface area contributed by atoms with Crippen molar-refractivity contribution in [2.45, 2.75) is 32.7 Å². The molecule has 1 aromatic rings. The van der Waals surface area contributed by atoms with Crippen LogP contribution in [0.2, 0.25) is 0 Å². The highest BCUT2D eigenvalue weighted by Crippen LogP contribution is 2.31. The molecule has 1 aliphatic heterocycles. The van der Waals surface area contributed by atoms with E-state index in [0.29, 0.717) is 5.92 Å². The Labute approximate surface area is 91.4 Å². The molecule has 2 nitrogen and oxygen atoms in total. The Morgan fingerprint density at radius 2 is 1.93 bits per heavy atom. The first-order valence-electron chi connectivity index (χ1n) is 5.49. The molecule has 15 heavy (non-hydrogen) atoms. The molecule has 0 spiro atoms. The molecule has 0 radical (unpaired) electrons. The van der Waals surface area contributed by atoms with Gasteiger partial charge in [-0.2, -0.15) is 0 Å². The van der Waals surface area contributed by atoms with E-state index in [4.69, 9.17) is 4.99 Å². The summed E-state index contributed by atoms with van der Waals surface area (Å²) < 4.78 is 0. The van der Waals surface area contributed by atoms with E-state index in [1.165, 1.54) is 0 Å². The maximum atomic E-state index is 4.70. The molecular weight excluding hydrogens is 184 g/mol. The predicted molar refractivity (Wildman–Crippen MR) is 65.4 cm³/mol. The Hall–Kier alpha value is -1.31. The zero-order valence-electron chi connectivity index (χ0n) is 9.62. The van der Waals surface area contributed by atoms with Crippen LogP contribution >= 0.6 is 0 Å². The number of para-hydroxylation sites is 1. The van der Waals surface area contributed by atoms with Crippen molar-refractivity contribution in [3.63, 3.8) is 0 Å². The quantitative estimate of drug-likeness (QED) is 0.742. The molecule has 2 heteroatoms. The predicted octanol–water partition coefficient (Wildman–Crippen LogP) is 3.32. The van der Waals surface area contributed by atoms with E-state index in [-0.39, 0.29) is 5.54 Å². The standard InChI is InChI=1S/C13H18N2/c1-10-9-12(15-13(10,2)3)14-11-7-5-4-6-8-11/h4-8,10H,9H2,1-3H3,(H,14,15)/t10-/m0/s1. The Morgan fingerprint density at radius 3 is 2.47 bits per heavy atom. The average Bonchev–Trinajstić information content (AvgIpc) is 2.42. The summed E-state index contributed by atoms with van der Waals surface area (Å²) in [6, 6.07) is 10.2. The van der Waals surface area contributed by atoms with Gasteiger partial charge in [-0.3, -0.25) is 4.99 Å². The molecule has 0 saturated heterocycles. The minimum absolute atomic E-state index is 0.0805. The third-order valence-corrected chi connectivity index (χ3v) is 3.19. The van der Waals surface area contributed by atoms with Crippen LogP contribution in [0.25, 0.3) is 0 Å². The van der Waals surface area contributed by atoms with Crippen molar-refractivity contribution in [3.05, 3.63) is 30.3 Å². The Kier molecular flexibility index (Phi) is 2.51. The molecule has 0 amide bonds. The summed E-state index contributed by atoms with van der Waals surface area (Å²) in [4.78, 5) is 4.70. The van der Waals surface area contributed by atoms with E-state index in [1.54, 1.807) is 0 Å². The van der Waals surface area contributed by atoms with Gasteiger partial charge in [0.2, 0.25) is 0 Å². The minimum Gasteiger partial charge on any atom is -0.344 e. The van der Waals surface area contributed by atoms with Crippen LogP contribution in [0.3, 0.4) is 0 Å². The number of nitrogens with one attached hydrogen (secondary N) is 1. The molecule has 1 atom stereocenters. The van der Waals surface area contributed by atoms with Gasteiger partial charge in [0.15, 0.2) is 0 Å². The number of nitrogens with zero attached hydrogens (tertiary/aromatic N) is 1. The summed E-state index contributed by atoms with van der Waals surface area (Å²) in [5.74, 6) is 1.72. The lowest BCUT2D eigenvalue weighted by Gasteiger charge is -2.19. The maximum Gasteiger partial charge on any atom is 0.102 e. The fraction of sp³-hybridized carbons (Fsp3) is 0.462. The molecule has 0 aliphatic carbocycles. The number of anilines is 1. The summed E-state index contributed by atoms with van der Waals surface area (Å²) in [5, 5.41) is 3.38. The van der Waals surface area contributed by atoms with Crippen molar-refractivity contribution in [1.82, 2.24) is 0 Å². The van der Waals surface area contributed by atoms with Gasteiger partial charge in [0.25, 0.3) is 0 Å². The molecular formula is C13H18N2. The number of hydrogen-bond donors (Lipinski definition) is 1. The highest BCUT2D eigenvalue weighted by Gasteiger charge is 2.32. The zero-order chi connectivity index (χ0) is 10.9. The molecule has 1 N–H and O–H groups in total. The van der Waals surface area contributed by atoms with E-state index in [1.807, 2.05) is 18.2 Å². The van der Waals surface area contributed by atoms with Crippen LogP contribution < -0.4 is 5.32 Å². The lowest BCUT2D eigenvalue weighted by atomic mass is 9.90. The normalized spacial score (nSPS) is 23.7. The molecule has 1 aliphatic rings. The average molecular weight is 202 g/mol. The van der Waals surface area contributed by atoms with Gasteiger partial charge in [-0.1, -0.05) is 25.1 Å². The van der Waals surface area contributed by atoms with Gasteiger partial charge >= 0.3 is 0 Å². The second kappa shape index (κ2) is 3.69. The van der Waals surface area contributed by atoms with Crippen LogP contribution in [0.5, 0.6) is 0 Å². The molecule has 0 aromatic heterocycles. The van der Waals surface area contributed by atoms with Crippen LogP contribution in [0.4, 0.5) is 5.69 Å². The fourth-order valence-electron chi connectivity index (χ4n) is 1.81. The smallest absolute Gasteiger partial charge is 0.102 e. The van der Waals surface area contributed by atoms with Gasteiger partial charge < -0.3 is 5.32 Å². The third kappa shape index (κ3) is 2.20. The fourth-order valence-corrected chi connectivity index (χ4v) is 1.81. The Balaban J connectivity index is 2.10. The van der Waals surface area contributed by atoms with Crippen molar-refractivity contribution in [2.75, 3.05) is 5.32 Å². The van der Waals surface area contributed by atoms with Crippen LogP contribution in [-0.2, 0) is 0 Å². The van der Waals surface area contributed by atoms with Crippen molar-refractivity contribution < 1.29 is 0 Å². The van der Waals surface area contributed by atoms with Gasteiger partial charge in [-0.25, -0.2) is 0 Å². The van der Waals surface area contributed by atoms with Crippen LogP contribution in [0, 0.1) is 5.92 Å². The largest absolute Gasteiger partial charge is 0.344 e. The first kappa shape index (κ1) is 10.2. The van der Waals surface area contributed by atoms with E-state index < -0.39 is 0 Å². The summed E-state index contributed by atoms with van der Waals surface area (Å²) in [5.41, 5.74) is 1.21. The van der Waals surface area contributed by atoms with E-state index in [2.05, 4.69) is 38.2 Å². The highest BCUT2D eigenvalue weighted by molar-refractivity contribution is 5.97. The number of benzene rings is 1. The van der Waals surface area contributed by atoms with Gasteiger partial charge in [0.1, 0.15) is 5.84 Å². The lowest BCUT2D eigenvalue weighted by Crippen LogP contribution is -2.21. The molecule has 0 fully saturated rings. The molecule has 1 aromatic carbocycles. The maximum absolute atomic E-state index is 4.70. The van der Waals surface area contributed by atoms with Gasteiger partial charge in [0, 0.05) is 12.1 Å². The van der Waals surface area contributed by atoms with Crippen molar-refractivity contribution in [1.29, 1.82) is 0 Å². The summed E-state index contributed by atoms with van der Waals surface area (Å²) in [6.07, 6.45) is 1.04. The molecule has 0 bridgehead atoms. The third-order valence-electron chi connectivity index (χ3n) is 3.19. The highest BCUT2D eigenvalue weighted by atomic mass is 15.1. The first-order chi connectivity index (χ1) is 7.08. The van der Waals surface area contributed by atoms with Crippen LogP contribution in [-0.4, -0.2) is 11.4 Å². The molecule has 0 saturated carbocycles. The van der Waals surface area contributed by atoms with Crippen molar-refractivity contribution in [3.8, 4) is 0 Å². The van der Waals surface area contributed by atoms with Crippen molar-refractivity contribution >= 4 is 11.5 Å². The van der Waals surface area contributed by atoms with Gasteiger partial charge in [0.05, 0.1) is 5.54 Å². The van der Waals surface area contributed by atoms with Crippen LogP contribution in [0.15, 0.2) is 35.3 Å². The van der Waals surface area contributed by atoms with Gasteiger partial charge in [-0.05, 0) is 31.9 Å². The molecule has 1 heterocycles. The van der Waals surface area contributed by atoms with E-state index in [0.717, 1.165) is 17.9 Å². The molecule has 2 rings (SSSR count). The number of aliphatic imine (C=N–C) groups is 1. The topological polar surface area (TPSA) is 24.4 Å². The van der Waals surface area contributed by atoms with Crippen molar-refractivity contribution in [2.24, 2.45) is 10.9 Å². The Bertz CT molecular complexity index is 365. The Morgan fingerprint density at radius 1 is 1.27 bits per heavy atom. The lowest BCUT2D eigenvalue weighted by molar-refractivity contribution is 0.388. The molecule has 80 valence electrons. The second-order valence-electron chi connectivity index (χ2n) is 4.81.